The first-order valence-corrected chi connectivity index (χ1v) is 20.3. The molecule has 60 heavy (non-hydrogen) atoms. The summed E-state index contributed by atoms with van der Waals surface area (Å²) in [5.41, 5.74) is 11.1. The van der Waals surface area contributed by atoms with E-state index >= 15 is 0 Å². The minimum atomic E-state index is 0.649. The fourth-order valence-electron chi connectivity index (χ4n) is 8.77. The Morgan fingerprint density at radius 1 is 0.333 bits per heavy atom. The van der Waals surface area contributed by atoms with Crippen molar-refractivity contribution in [2.75, 3.05) is 4.90 Å². The van der Waals surface area contributed by atoms with Gasteiger partial charge >= 0.3 is 0 Å². The predicted molar refractivity (Wildman–Crippen MR) is 250 cm³/mol. The molecule has 9 aromatic carbocycles. The molecule has 3 aromatic heterocycles. The normalized spacial score (nSPS) is 11.7. The van der Waals surface area contributed by atoms with Gasteiger partial charge in [-0.05, 0) is 122 Å². The van der Waals surface area contributed by atoms with Crippen LogP contribution >= 0.6 is 0 Å². The van der Waals surface area contributed by atoms with Gasteiger partial charge in [0, 0.05) is 50.5 Å². The highest BCUT2D eigenvalue weighted by atomic mass is 16.3. The standard InChI is InChI=1S/C56H35N3O/c1-2-8-39-31-41(14-13-36(39)7-1)37-17-22-46(23-18-37)59(47-24-19-38(20-25-47)53-30-29-52-51-11-5-6-12-55(51)60-56(52)58-53)48-26-28-50-43(33-48)16-15-42-32-44(21-27-49(42)50)54-34-40-9-3-4-10-45(40)35-57-54/h1-35H. The van der Waals surface area contributed by atoms with Gasteiger partial charge in [-0.2, -0.15) is 0 Å². The van der Waals surface area contributed by atoms with Gasteiger partial charge in [0.15, 0.2) is 0 Å². The van der Waals surface area contributed by atoms with Crippen molar-refractivity contribution in [2.24, 2.45) is 0 Å². The van der Waals surface area contributed by atoms with Gasteiger partial charge in [-0.3, -0.25) is 4.98 Å². The molecule has 0 aliphatic heterocycles. The Labute approximate surface area is 346 Å². The average Bonchev–Trinajstić information content (AvgIpc) is 3.69. The largest absolute Gasteiger partial charge is 0.438 e. The van der Waals surface area contributed by atoms with Crippen molar-refractivity contribution >= 4 is 82.2 Å². The Kier molecular flexibility index (Phi) is 7.82. The first-order chi connectivity index (χ1) is 29.7. The van der Waals surface area contributed by atoms with Crippen LogP contribution in [0.5, 0.6) is 0 Å². The molecule has 0 aliphatic rings. The SMILES string of the molecule is c1ccc2cc(-c3ccc(N(c4ccc(-c5ccc6c(n5)oc5ccccc56)cc4)c4ccc5c(ccc6cc(-c7cc8ccccc8cn7)ccc65)c4)cc3)ccc2c1. The van der Waals surface area contributed by atoms with Crippen LogP contribution in [-0.2, 0) is 0 Å². The summed E-state index contributed by atoms with van der Waals surface area (Å²) < 4.78 is 6.13. The highest BCUT2D eigenvalue weighted by molar-refractivity contribution is 6.10. The number of benzene rings is 9. The van der Waals surface area contributed by atoms with E-state index in [1.165, 1.54) is 48.8 Å². The van der Waals surface area contributed by atoms with E-state index in [2.05, 4.69) is 193 Å². The highest BCUT2D eigenvalue weighted by Crippen LogP contribution is 2.40. The van der Waals surface area contributed by atoms with Crippen LogP contribution < -0.4 is 4.90 Å². The van der Waals surface area contributed by atoms with E-state index < -0.39 is 0 Å². The number of hydrogen-bond donors (Lipinski definition) is 0. The third-order valence-electron chi connectivity index (χ3n) is 11.9. The zero-order chi connectivity index (χ0) is 39.6. The number of furan rings is 1. The number of aromatic nitrogens is 2. The quantitative estimate of drug-likeness (QED) is 0.158. The van der Waals surface area contributed by atoms with Gasteiger partial charge in [0.1, 0.15) is 5.58 Å². The lowest BCUT2D eigenvalue weighted by Crippen LogP contribution is -2.10. The second kappa shape index (κ2) is 13.8. The Bertz CT molecular complexity index is 3610. The molecule has 0 bridgehead atoms. The predicted octanol–water partition coefficient (Wildman–Crippen LogP) is 15.5. The lowest BCUT2D eigenvalue weighted by atomic mass is 9.98. The van der Waals surface area contributed by atoms with E-state index in [0.29, 0.717) is 5.71 Å². The number of pyridine rings is 2. The van der Waals surface area contributed by atoms with Crippen LogP contribution in [0.3, 0.4) is 0 Å². The van der Waals surface area contributed by atoms with Gasteiger partial charge in [0.2, 0.25) is 5.71 Å². The molecule has 280 valence electrons. The zero-order valence-electron chi connectivity index (χ0n) is 32.5. The summed E-state index contributed by atoms with van der Waals surface area (Å²) in [7, 11) is 0. The molecular weight excluding hydrogens is 731 g/mol. The fourth-order valence-corrected chi connectivity index (χ4v) is 8.77. The lowest BCUT2D eigenvalue weighted by molar-refractivity contribution is 0.654. The van der Waals surface area contributed by atoms with Crippen LogP contribution in [0.2, 0.25) is 0 Å². The summed E-state index contributed by atoms with van der Waals surface area (Å²) in [6, 6.07) is 73.6. The number of nitrogens with zero attached hydrogens (tertiary/aromatic N) is 3. The first-order valence-electron chi connectivity index (χ1n) is 20.3. The zero-order valence-corrected chi connectivity index (χ0v) is 32.5. The molecule has 0 saturated carbocycles. The second-order valence-corrected chi connectivity index (χ2v) is 15.5. The summed E-state index contributed by atoms with van der Waals surface area (Å²) in [4.78, 5) is 12.1. The van der Waals surface area contributed by atoms with Crippen LogP contribution in [-0.4, -0.2) is 9.97 Å². The maximum absolute atomic E-state index is 6.13. The third-order valence-corrected chi connectivity index (χ3v) is 11.9. The van der Waals surface area contributed by atoms with E-state index in [4.69, 9.17) is 14.4 Å². The van der Waals surface area contributed by atoms with Crippen LogP contribution in [0.1, 0.15) is 0 Å². The molecule has 0 spiro atoms. The van der Waals surface area contributed by atoms with Crippen molar-refractivity contribution < 1.29 is 4.42 Å². The van der Waals surface area contributed by atoms with Gasteiger partial charge in [-0.1, -0.05) is 133 Å². The van der Waals surface area contributed by atoms with Crippen LogP contribution in [0, 0.1) is 0 Å². The summed E-state index contributed by atoms with van der Waals surface area (Å²) in [5, 5.41) is 11.7. The van der Waals surface area contributed by atoms with Crippen LogP contribution in [0.4, 0.5) is 17.1 Å². The van der Waals surface area contributed by atoms with Crippen molar-refractivity contribution in [1.29, 1.82) is 0 Å². The fraction of sp³-hybridized carbons (Fsp3) is 0. The average molecular weight is 766 g/mol. The Morgan fingerprint density at radius 3 is 1.70 bits per heavy atom. The van der Waals surface area contributed by atoms with E-state index in [-0.39, 0.29) is 0 Å². The molecule has 4 heteroatoms. The maximum atomic E-state index is 6.13. The molecule has 0 radical (unpaired) electrons. The van der Waals surface area contributed by atoms with Gasteiger partial charge < -0.3 is 9.32 Å². The summed E-state index contributed by atoms with van der Waals surface area (Å²) in [6.45, 7) is 0. The monoisotopic (exact) mass is 765 g/mol. The minimum absolute atomic E-state index is 0.649. The van der Waals surface area contributed by atoms with Crippen molar-refractivity contribution in [3.05, 3.63) is 212 Å². The Hall–Kier alpha value is -8.08. The molecule has 0 aliphatic carbocycles. The number of rotatable bonds is 6. The van der Waals surface area contributed by atoms with Crippen molar-refractivity contribution in [3.8, 4) is 33.6 Å². The van der Waals surface area contributed by atoms with Gasteiger partial charge in [0.25, 0.3) is 0 Å². The van der Waals surface area contributed by atoms with Crippen molar-refractivity contribution in [3.63, 3.8) is 0 Å². The van der Waals surface area contributed by atoms with E-state index in [1.54, 1.807) is 0 Å². The van der Waals surface area contributed by atoms with Gasteiger partial charge in [-0.15, -0.1) is 0 Å². The van der Waals surface area contributed by atoms with E-state index in [0.717, 1.165) is 61.3 Å². The molecular formula is C56H35N3O. The summed E-state index contributed by atoms with van der Waals surface area (Å²) in [6.07, 6.45) is 1.96. The van der Waals surface area contributed by atoms with E-state index in [1.807, 2.05) is 24.4 Å². The first kappa shape index (κ1) is 34.0. The second-order valence-electron chi connectivity index (χ2n) is 15.5. The van der Waals surface area contributed by atoms with Gasteiger partial charge in [0.05, 0.1) is 11.4 Å². The molecule has 4 nitrogen and oxygen atoms in total. The molecule has 12 aromatic rings. The highest BCUT2D eigenvalue weighted by Gasteiger charge is 2.16. The number of anilines is 3. The molecule has 0 unspecified atom stereocenters. The van der Waals surface area contributed by atoms with Gasteiger partial charge in [-0.25, -0.2) is 4.98 Å². The number of fused-ring (bicyclic) bond motifs is 8. The molecule has 0 N–H and O–H groups in total. The minimum Gasteiger partial charge on any atom is -0.438 e. The number of para-hydroxylation sites is 1. The Morgan fingerprint density at radius 2 is 0.900 bits per heavy atom. The number of hydrogen-bond acceptors (Lipinski definition) is 4. The smallest absolute Gasteiger partial charge is 0.227 e. The molecule has 3 heterocycles. The van der Waals surface area contributed by atoms with Crippen LogP contribution in [0.25, 0.3) is 98.8 Å². The summed E-state index contributed by atoms with van der Waals surface area (Å²) in [5.74, 6) is 0. The topological polar surface area (TPSA) is 42.2 Å². The Balaban J connectivity index is 0.929. The summed E-state index contributed by atoms with van der Waals surface area (Å²) >= 11 is 0. The van der Waals surface area contributed by atoms with Crippen molar-refractivity contribution in [1.82, 2.24) is 9.97 Å². The molecule has 0 saturated heterocycles. The molecule has 0 fully saturated rings. The molecule has 12 rings (SSSR count). The maximum Gasteiger partial charge on any atom is 0.227 e. The molecule has 0 atom stereocenters. The van der Waals surface area contributed by atoms with E-state index in [9.17, 15) is 0 Å². The van der Waals surface area contributed by atoms with Crippen LogP contribution in [0.15, 0.2) is 217 Å². The lowest BCUT2D eigenvalue weighted by Gasteiger charge is -2.26. The third kappa shape index (κ3) is 5.85. The van der Waals surface area contributed by atoms with Crippen molar-refractivity contribution in [2.45, 2.75) is 0 Å². The molecule has 0 amide bonds.